The molecular formula is C4H4F5. The molecule has 0 aromatic heterocycles. The van der Waals surface area contributed by atoms with Gasteiger partial charge in [-0.15, -0.1) is 0 Å². The predicted molar refractivity (Wildman–Crippen MR) is 21.0 cm³/mol. The number of hydrogen-bond donors (Lipinski definition) is 0. The normalized spacial score (nSPS) is 16.3. The molecule has 1 radical (unpaired) electrons. The molecule has 55 valence electrons. The molecule has 0 aliphatic carbocycles. The summed E-state index contributed by atoms with van der Waals surface area (Å²) >= 11 is 0. The Morgan fingerprint density at radius 2 is 1.67 bits per heavy atom. The second kappa shape index (κ2) is 2.49. The summed E-state index contributed by atoms with van der Waals surface area (Å²) in [6.45, 7) is 0.374. The molecule has 5 heteroatoms. The minimum atomic E-state index is -4.58. The highest BCUT2D eigenvalue weighted by atomic mass is 19.3. The molecule has 0 saturated heterocycles. The third-order valence-corrected chi connectivity index (χ3v) is 0.752. The average molecular weight is 147 g/mol. The second-order valence-electron chi connectivity index (χ2n) is 1.50. The van der Waals surface area contributed by atoms with Crippen molar-refractivity contribution in [3.05, 3.63) is 6.43 Å². The predicted octanol–water partition coefficient (Wildman–Crippen LogP) is 2.41. The van der Waals surface area contributed by atoms with Crippen LogP contribution in [-0.2, 0) is 0 Å². The fraction of sp³-hybridized carbons (Fsp3) is 0.750. The van der Waals surface area contributed by atoms with Gasteiger partial charge < -0.3 is 0 Å². The molecule has 0 N–H and O–H groups in total. The second-order valence-corrected chi connectivity index (χ2v) is 1.50. The lowest BCUT2D eigenvalue weighted by Crippen LogP contribution is -2.30. The van der Waals surface area contributed by atoms with Gasteiger partial charge in [-0.2, -0.15) is 17.6 Å². The Balaban J connectivity index is 4.01. The van der Waals surface area contributed by atoms with Crippen LogP contribution in [0, 0.1) is 6.43 Å². The monoisotopic (exact) mass is 147 g/mol. The highest BCUT2D eigenvalue weighted by molar-refractivity contribution is 4.87. The molecular weight excluding hydrogens is 143 g/mol. The maximum absolute atomic E-state index is 11.5. The first-order valence-electron chi connectivity index (χ1n) is 2.09. The lowest BCUT2D eigenvalue weighted by Gasteiger charge is -2.13. The first-order valence-corrected chi connectivity index (χ1v) is 2.09. The summed E-state index contributed by atoms with van der Waals surface area (Å²) in [5, 5.41) is 0. The molecule has 0 aliphatic rings. The van der Waals surface area contributed by atoms with Crippen LogP contribution in [0.3, 0.4) is 0 Å². The van der Waals surface area contributed by atoms with E-state index in [1.54, 1.807) is 0 Å². The Labute approximate surface area is 48.7 Å². The summed E-state index contributed by atoms with van der Waals surface area (Å²) in [5.41, 5.74) is 0. The van der Waals surface area contributed by atoms with Crippen LogP contribution in [0.1, 0.15) is 6.92 Å². The zero-order valence-electron chi connectivity index (χ0n) is 4.47. The molecule has 0 amide bonds. The van der Waals surface area contributed by atoms with E-state index in [9.17, 15) is 22.0 Å². The Morgan fingerprint density at radius 1 is 1.33 bits per heavy atom. The SMILES string of the molecule is CC(F)C(F)(F)[C](F)F. The van der Waals surface area contributed by atoms with Gasteiger partial charge in [-0.05, 0) is 6.92 Å². The topological polar surface area (TPSA) is 0 Å². The Morgan fingerprint density at radius 3 is 1.67 bits per heavy atom. The van der Waals surface area contributed by atoms with E-state index in [1.807, 2.05) is 0 Å². The lowest BCUT2D eigenvalue weighted by atomic mass is 10.2. The summed E-state index contributed by atoms with van der Waals surface area (Å²) in [4.78, 5) is 0. The van der Waals surface area contributed by atoms with Crippen LogP contribution in [0.15, 0.2) is 0 Å². The lowest BCUT2D eigenvalue weighted by molar-refractivity contribution is -0.108. The van der Waals surface area contributed by atoms with Crippen molar-refractivity contribution < 1.29 is 22.0 Å². The molecule has 0 bridgehead atoms. The molecule has 1 unspecified atom stereocenters. The molecule has 0 nitrogen and oxygen atoms in total. The Kier molecular flexibility index (Phi) is 2.40. The first kappa shape index (κ1) is 8.65. The molecule has 9 heavy (non-hydrogen) atoms. The maximum atomic E-state index is 11.5. The van der Waals surface area contributed by atoms with Gasteiger partial charge in [0, 0.05) is 0 Å². The summed E-state index contributed by atoms with van der Waals surface area (Å²) in [7, 11) is 0. The van der Waals surface area contributed by atoms with Gasteiger partial charge in [-0.25, -0.2) is 4.39 Å². The number of halogens is 5. The van der Waals surface area contributed by atoms with Crippen LogP contribution in [0.25, 0.3) is 0 Å². The standard InChI is InChI=1S/C4H4F5/c1-2(5)4(8,9)3(6)7/h2H,1H3. The third-order valence-electron chi connectivity index (χ3n) is 0.752. The summed E-state index contributed by atoms with van der Waals surface area (Å²) in [5.74, 6) is -4.58. The van der Waals surface area contributed by atoms with Crippen LogP contribution in [-0.4, -0.2) is 12.1 Å². The number of hydrogen-bond acceptors (Lipinski definition) is 0. The molecule has 0 fully saturated rings. The molecule has 0 aromatic rings. The van der Waals surface area contributed by atoms with Crippen molar-refractivity contribution in [1.29, 1.82) is 0 Å². The first-order chi connectivity index (χ1) is 3.89. The Bertz CT molecular complexity index is 77.0. The van der Waals surface area contributed by atoms with Crippen LogP contribution >= 0.6 is 0 Å². The summed E-state index contributed by atoms with van der Waals surface area (Å²) in [6, 6.07) is 0. The molecule has 0 rings (SSSR count). The summed E-state index contributed by atoms with van der Waals surface area (Å²) < 4.78 is 56.5. The van der Waals surface area contributed by atoms with E-state index in [0.717, 1.165) is 0 Å². The Hall–Kier alpha value is -0.350. The van der Waals surface area contributed by atoms with Crippen molar-refractivity contribution >= 4 is 0 Å². The van der Waals surface area contributed by atoms with E-state index in [1.165, 1.54) is 0 Å². The molecule has 0 spiro atoms. The highest BCUT2D eigenvalue weighted by Crippen LogP contribution is 2.33. The van der Waals surface area contributed by atoms with E-state index in [4.69, 9.17) is 0 Å². The van der Waals surface area contributed by atoms with Crippen molar-refractivity contribution in [3.8, 4) is 0 Å². The smallest absolute Gasteiger partial charge is 0.241 e. The van der Waals surface area contributed by atoms with Gasteiger partial charge in [-0.1, -0.05) is 0 Å². The average Bonchev–Trinajstić information content (AvgIpc) is 1.65. The van der Waals surface area contributed by atoms with E-state index < -0.39 is 18.5 Å². The summed E-state index contributed by atoms with van der Waals surface area (Å²) in [6.07, 6.45) is -6.01. The van der Waals surface area contributed by atoms with Crippen LogP contribution < -0.4 is 0 Å². The third kappa shape index (κ3) is 1.80. The molecule has 0 heterocycles. The van der Waals surface area contributed by atoms with Crippen molar-refractivity contribution in [2.75, 3.05) is 0 Å². The van der Waals surface area contributed by atoms with Gasteiger partial charge in [0.2, 0.25) is 0 Å². The van der Waals surface area contributed by atoms with Crippen LogP contribution in [0.5, 0.6) is 0 Å². The van der Waals surface area contributed by atoms with Crippen LogP contribution in [0.4, 0.5) is 22.0 Å². The van der Waals surface area contributed by atoms with Crippen molar-refractivity contribution in [2.45, 2.75) is 19.0 Å². The quantitative estimate of drug-likeness (QED) is 0.526. The van der Waals surface area contributed by atoms with E-state index in [0.29, 0.717) is 6.92 Å². The van der Waals surface area contributed by atoms with Gasteiger partial charge in [0.15, 0.2) is 6.17 Å². The molecule has 0 saturated carbocycles. The largest absolute Gasteiger partial charge is 0.381 e. The maximum Gasteiger partial charge on any atom is 0.381 e. The van der Waals surface area contributed by atoms with Gasteiger partial charge in [0.05, 0.1) is 0 Å². The zero-order valence-corrected chi connectivity index (χ0v) is 4.47. The van der Waals surface area contributed by atoms with Crippen molar-refractivity contribution in [1.82, 2.24) is 0 Å². The van der Waals surface area contributed by atoms with Gasteiger partial charge >= 0.3 is 12.3 Å². The molecule has 0 aliphatic heterocycles. The van der Waals surface area contributed by atoms with Crippen molar-refractivity contribution in [2.24, 2.45) is 0 Å². The van der Waals surface area contributed by atoms with E-state index in [2.05, 4.69) is 0 Å². The zero-order chi connectivity index (χ0) is 7.65. The van der Waals surface area contributed by atoms with Gasteiger partial charge in [0.1, 0.15) is 0 Å². The molecule has 0 aromatic carbocycles. The number of alkyl halides is 3. The minimum absolute atomic E-state index is 0.374. The van der Waals surface area contributed by atoms with Crippen molar-refractivity contribution in [3.63, 3.8) is 0 Å². The van der Waals surface area contributed by atoms with Crippen LogP contribution in [0.2, 0.25) is 0 Å². The van der Waals surface area contributed by atoms with E-state index in [-0.39, 0.29) is 0 Å². The fourth-order valence-electron chi connectivity index (χ4n) is 0.150. The molecule has 1 atom stereocenters. The van der Waals surface area contributed by atoms with E-state index >= 15 is 0 Å². The highest BCUT2D eigenvalue weighted by Gasteiger charge is 2.48. The van der Waals surface area contributed by atoms with Gasteiger partial charge in [-0.3, -0.25) is 0 Å². The minimum Gasteiger partial charge on any atom is -0.241 e. The van der Waals surface area contributed by atoms with Gasteiger partial charge in [0.25, 0.3) is 0 Å². The fourth-order valence-corrected chi connectivity index (χ4v) is 0.150. The number of rotatable bonds is 2.